The second-order valence-corrected chi connectivity index (χ2v) is 1.74. The van der Waals surface area contributed by atoms with E-state index in [0.717, 1.165) is 6.07 Å². The van der Waals surface area contributed by atoms with Gasteiger partial charge in [0, 0.05) is 0 Å². The molecule has 13 N–H and O–H groups in total. The summed E-state index contributed by atoms with van der Waals surface area (Å²) in [6, 6.07) is 0.824. The fraction of sp³-hybridized carbons (Fsp3) is 0. The number of H-pyrrole nitrogens is 1. The first-order chi connectivity index (χ1) is 5.11. The van der Waals surface area contributed by atoms with Crippen LogP contribution in [0.4, 0.5) is 0 Å². The minimum Gasteiger partial charge on any atom is -0.543 e. The molecule has 0 atom stereocenters. The van der Waals surface area contributed by atoms with Crippen LogP contribution in [0.25, 0.3) is 0 Å². The molecule has 16 heavy (non-hydrogen) atoms. The molecule has 1 rings (SSSR count). The first-order valence-corrected chi connectivity index (χ1v) is 2.59. The van der Waals surface area contributed by atoms with E-state index in [1.165, 1.54) is 0 Å². The van der Waals surface area contributed by atoms with Crippen molar-refractivity contribution in [2.75, 3.05) is 0 Å². The monoisotopic (exact) mass is 288 g/mol. The van der Waals surface area contributed by atoms with E-state index in [1.54, 1.807) is 0 Å². The SMILES string of the molecule is O=C([O-])c1cc(C(=O)[O-])[nH]n1.[Ni+2].[OH3+].[OH3+].[OH3+].[OH3+]. The van der Waals surface area contributed by atoms with Gasteiger partial charge in [0.05, 0.1) is 17.6 Å². The number of carboxylic acid groups (broad SMARTS) is 2. The van der Waals surface area contributed by atoms with E-state index in [1.807, 2.05) is 5.10 Å². The number of carbonyl (C=O) groups excluding carboxylic acids is 2. The van der Waals surface area contributed by atoms with Crippen LogP contribution < -0.4 is 10.2 Å². The number of carbonyl (C=O) groups is 2. The predicted molar refractivity (Wildman–Crippen MR) is 46.7 cm³/mol. The molecule has 0 saturated carbocycles. The minimum absolute atomic E-state index is 0. The number of nitrogens with one attached hydrogen (secondary N) is 1. The summed E-state index contributed by atoms with van der Waals surface area (Å²) < 4.78 is 0. The first kappa shape index (κ1) is 29.3. The zero-order valence-electron chi connectivity index (χ0n) is 7.78. The molecule has 10 nitrogen and oxygen atoms in total. The number of carboxylic acids is 2. The van der Waals surface area contributed by atoms with Gasteiger partial charge in [-0.15, -0.1) is 0 Å². The Bertz CT molecular complexity index is 285. The van der Waals surface area contributed by atoms with Gasteiger partial charge in [-0.05, 0) is 6.07 Å². The number of rotatable bonds is 2. The Morgan fingerprint density at radius 2 is 1.50 bits per heavy atom. The van der Waals surface area contributed by atoms with E-state index in [2.05, 4.69) is 5.10 Å². The van der Waals surface area contributed by atoms with E-state index in [0.29, 0.717) is 0 Å². The summed E-state index contributed by atoms with van der Waals surface area (Å²) in [5, 5.41) is 25.2. The van der Waals surface area contributed by atoms with E-state index in [9.17, 15) is 19.8 Å². The normalized spacial score (nSPS) is 6.50. The van der Waals surface area contributed by atoms with Crippen LogP contribution in [0.5, 0.6) is 0 Å². The van der Waals surface area contributed by atoms with Gasteiger partial charge in [0.1, 0.15) is 5.69 Å². The quantitative estimate of drug-likeness (QED) is 0.410. The molecule has 0 radical (unpaired) electrons. The molecule has 0 amide bonds. The van der Waals surface area contributed by atoms with Crippen molar-refractivity contribution in [3.05, 3.63) is 17.5 Å². The fourth-order valence-corrected chi connectivity index (χ4v) is 0.531. The molecule has 11 heteroatoms. The van der Waals surface area contributed by atoms with Crippen molar-refractivity contribution in [1.82, 2.24) is 10.2 Å². The van der Waals surface area contributed by atoms with Gasteiger partial charge in [-0.25, -0.2) is 0 Å². The molecule has 0 saturated heterocycles. The molecule has 0 aliphatic carbocycles. The van der Waals surface area contributed by atoms with E-state index in [-0.39, 0.29) is 44.1 Å². The Morgan fingerprint density at radius 1 is 1.06 bits per heavy atom. The summed E-state index contributed by atoms with van der Waals surface area (Å²) >= 11 is 0. The fourth-order valence-electron chi connectivity index (χ4n) is 0.531. The van der Waals surface area contributed by atoms with Gasteiger partial charge in [-0.3, -0.25) is 5.10 Å². The summed E-state index contributed by atoms with van der Waals surface area (Å²) in [7, 11) is 0. The summed E-state index contributed by atoms with van der Waals surface area (Å²) in [4.78, 5) is 20.1. The number of aromatic nitrogens is 2. The standard InChI is InChI=1S/C5H4N2O4.Ni.4H2O/c8-4(9)2-1-3(5(10)11)7-6-2;;;;;/h1H,(H,6,7)(H,8,9)(H,10,11);;4*1H2/q;+2;;;;/p+2. The molecule has 0 bridgehead atoms. The van der Waals surface area contributed by atoms with E-state index < -0.39 is 17.6 Å². The maximum Gasteiger partial charge on any atom is 2.00 e. The van der Waals surface area contributed by atoms with Gasteiger partial charge in [0.25, 0.3) is 0 Å². The summed E-state index contributed by atoms with van der Waals surface area (Å²) in [5.74, 6) is -3.04. The molecule has 0 fully saturated rings. The number of aromatic amines is 1. The number of nitrogens with zero attached hydrogens (tertiary/aromatic N) is 1. The van der Waals surface area contributed by atoms with Crippen LogP contribution in [0.3, 0.4) is 0 Å². The maximum atomic E-state index is 10.0. The van der Waals surface area contributed by atoms with Crippen molar-refractivity contribution in [1.29, 1.82) is 0 Å². The molecule has 0 spiro atoms. The molecule has 1 aromatic heterocycles. The Labute approximate surface area is 98.4 Å². The minimum atomic E-state index is -1.53. The maximum absolute atomic E-state index is 10.0. The third-order valence-electron chi connectivity index (χ3n) is 1.01. The average molecular weight is 289 g/mol. The van der Waals surface area contributed by atoms with Gasteiger partial charge in [0.15, 0.2) is 0 Å². The molecule has 98 valence electrons. The van der Waals surface area contributed by atoms with E-state index >= 15 is 0 Å². The van der Waals surface area contributed by atoms with E-state index in [4.69, 9.17) is 0 Å². The summed E-state index contributed by atoms with van der Waals surface area (Å²) in [6.07, 6.45) is 0. The Balaban J connectivity index is -0.0000000807. The number of aromatic carboxylic acids is 2. The van der Waals surface area contributed by atoms with Crippen LogP contribution >= 0.6 is 0 Å². The van der Waals surface area contributed by atoms with Gasteiger partial charge in [0.2, 0.25) is 0 Å². The molecule has 0 aromatic carbocycles. The zero-order chi connectivity index (χ0) is 8.43. The predicted octanol–water partition coefficient (Wildman–Crippen LogP) is -6.55. The smallest absolute Gasteiger partial charge is 0.543 e. The van der Waals surface area contributed by atoms with Crippen molar-refractivity contribution in [3.63, 3.8) is 0 Å². The average Bonchev–Trinajstić information content (AvgIpc) is 2.33. The van der Waals surface area contributed by atoms with Gasteiger partial charge < -0.3 is 41.7 Å². The zero-order valence-corrected chi connectivity index (χ0v) is 8.77. The van der Waals surface area contributed by atoms with Crippen LogP contribution in [-0.2, 0) is 38.4 Å². The third-order valence-corrected chi connectivity index (χ3v) is 1.01. The molecule has 1 heterocycles. The van der Waals surface area contributed by atoms with Crippen LogP contribution in [0.1, 0.15) is 21.0 Å². The molecular formula is C5H14N2NiO8+4. The number of hydrogen-bond acceptors (Lipinski definition) is 5. The van der Waals surface area contributed by atoms with Crippen molar-refractivity contribution in [2.24, 2.45) is 0 Å². The van der Waals surface area contributed by atoms with Crippen LogP contribution in [0.15, 0.2) is 6.07 Å². The van der Waals surface area contributed by atoms with Crippen molar-refractivity contribution < 1.29 is 58.2 Å². The number of hydrogen-bond donors (Lipinski definition) is 1. The molecule has 0 unspecified atom stereocenters. The first-order valence-electron chi connectivity index (χ1n) is 2.59. The van der Waals surface area contributed by atoms with Gasteiger partial charge in [-0.1, -0.05) is 0 Å². The summed E-state index contributed by atoms with van der Waals surface area (Å²) in [5.41, 5.74) is -0.839. The second kappa shape index (κ2) is 11.6. The third kappa shape index (κ3) is 6.87. The van der Waals surface area contributed by atoms with Crippen LogP contribution in [0.2, 0.25) is 0 Å². The molecule has 0 aliphatic rings. The van der Waals surface area contributed by atoms with Crippen LogP contribution in [-0.4, -0.2) is 22.1 Å². The second-order valence-electron chi connectivity index (χ2n) is 1.74. The van der Waals surface area contributed by atoms with Gasteiger partial charge >= 0.3 is 16.5 Å². The van der Waals surface area contributed by atoms with Gasteiger partial charge in [-0.2, -0.15) is 5.10 Å². The van der Waals surface area contributed by atoms with Crippen molar-refractivity contribution in [3.8, 4) is 0 Å². The van der Waals surface area contributed by atoms with Crippen LogP contribution in [0, 0.1) is 0 Å². The topological polar surface area (TPSA) is 241 Å². The Kier molecular flexibility index (Phi) is 21.1. The summed E-state index contributed by atoms with van der Waals surface area (Å²) in [6.45, 7) is 0. The van der Waals surface area contributed by atoms with Crippen molar-refractivity contribution >= 4 is 11.9 Å². The van der Waals surface area contributed by atoms with Crippen molar-refractivity contribution in [2.45, 2.75) is 0 Å². The Morgan fingerprint density at radius 3 is 1.69 bits per heavy atom. The Hall–Kier alpha value is -1.52. The molecular weight excluding hydrogens is 275 g/mol. The largest absolute Gasteiger partial charge is 2.00 e. The molecule has 0 aliphatic heterocycles. The molecule has 1 aromatic rings.